The van der Waals surface area contributed by atoms with Crippen molar-refractivity contribution >= 4 is 5.97 Å². The van der Waals surface area contributed by atoms with E-state index >= 15 is 0 Å². The van der Waals surface area contributed by atoms with Crippen molar-refractivity contribution in [2.24, 2.45) is 17.8 Å². The first-order chi connectivity index (χ1) is 10.8. The maximum absolute atomic E-state index is 12.4. The van der Waals surface area contributed by atoms with Crippen LogP contribution in [0, 0.1) is 17.8 Å². The van der Waals surface area contributed by atoms with Crippen LogP contribution < -0.4 is 9.47 Å². The van der Waals surface area contributed by atoms with Crippen LogP contribution in [0.3, 0.4) is 0 Å². The van der Waals surface area contributed by atoms with Crippen molar-refractivity contribution in [1.82, 2.24) is 0 Å². The highest BCUT2D eigenvalue weighted by atomic mass is 16.7. The molecule has 0 saturated heterocycles. The molecule has 1 aromatic rings. The predicted molar refractivity (Wildman–Crippen MR) is 91.6 cm³/mol. The highest BCUT2D eigenvalue weighted by Gasteiger charge is 2.25. The van der Waals surface area contributed by atoms with Crippen molar-refractivity contribution in [2.75, 3.05) is 6.61 Å². The standard InChI is InChI=1S/C19H30O4/c1-7-21-15(6)22-16-8-10-17(11-9-16)23-19(20)18(14(4)5)12-13(2)3/h8-11,13-15,18H,7,12H2,1-6H3. The Hall–Kier alpha value is -1.55. The lowest BCUT2D eigenvalue weighted by Crippen LogP contribution is -2.26. The Morgan fingerprint density at radius 2 is 1.57 bits per heavy atom. The van der Waals surface area contributed by atoms with Crippen LogP contribution in [0.15, 0.2) is 24.3 Å². The van der Waals surface area contributed by atoms with Gasteiger partial charge in [-0.25, -0.2) is 0 Å². The quantitative estimate of drug-likeness (QED) is 0.376. The van der Waals surface area contributed by atoms with Crippen LogP contribution in [0.5, 0.6) is 11.5 Å². The molecule has 2 atom stereocenters. The van der Waals surface area contributed by atoms with Gasteiger partial charge in [-0.2, -0.15) is 0 Å². The zero-order valence-corrected chi connectivity index (χ0v) is 15.2. The van der Waals surface area contributed by atoms with E-state index in [0.717, 1.165) is 6.42 Å². The summed E-state index contributed by atoms with van der Waals surface area (Å²) in [6, 6.07) is 7.06. The fourth-order valence-electron chi connectivity index (χ4n) is 2.39. The van der Waals surface area contributed by atoms with E-state index in [2.05, 4.69) is 27.7 Å². The van der Waals surface area contributed by atoms with Crippen molar-refractivity contribution in [3.63, 3.8) is 0 Å². The third-order valence-corrected chi connectivity index (χ3v) is 3.58. The average Bonchev–Trinajstić information content (AvgIpc) is 2.46. The van der Waals surface area contributed by atoms with E-state index in [1.807, 2.05) is 13.8 Å². The first kappa shape index (κ1) is 19.5. The van der Waals surface area contributed by atoms with Gasteiger partial charge in [-0.1, -0.05) is 27.7 Å². The molecule has 0 amide bonds. The molecule has 1 aromatic carbocycles. The molecule has 0 aliphatic carbocycles. The zero-order valence-electron chi connectivity index (χ0n) is 15.2. The molecular formula is C19H30O4. The molecule has 0 aliphatic rings. The van der Waals surface area contributed by atoms with Crippen molar-refractivity contribution in [1.29, 1.82) is 0 Å². The van der Waals surface area contributed by atoms with Gasteiger partial charge in [0.2, 0.25) is 0 Å². The van der Waals surface area contributed by atoms with Crippen molar-refractivity contribution in [2.45, 2.75) is 54.3 Å². The van der Waals surface area contributed by atoms with Gasteiger partial charge < -0.3 is 14.2 Å². The van der Waals surface area contributed by atoms with Crippen molar-refractivity contribution in [3.05, 3.63) is 24.3 Å². The summed E-state index contributed by atoms with van der Waals surface area (Å²) in [5.74, 6) is 1.72. The molecule has 1 rings (SSSR count). The molecule has 0 aromatic heterocycles. The van der Waals surface area contributed by atoms with E-state index in [4.69, 9.17) is 14.2 Å². The van der Waals surface area contributed by atoms with E-state index in [0.29, 0.717) is 24.0 Å². The number of benzene rings is 1. The first-order valence-corrected chi connectivity index (χ1v) is 8.43. The van der Waals surface area contributed by atoms with E-state index < -0.39 is 0 Å². The minimum atomic E-state index is -0.301. The van der Waals surface area contributed by atoms with E-state index in [1.54, 1.807) is 24.3 Å². The molecule has 0 heterocycles. The Labute approximate surface area is 140 Å². The maximum Gasteiger partial charge on any atom is 0.314 e. The van der Waals surface area contributed by atoms with Crippen LogP contribution in [0.2, 0.25) is 0 Å². The third kappa shape index (κ3) is 7.04. The number of rotatable bonds is 9. The van der Waals surface area contributed by atoms with E-state index in [9.17, 15) is 4.79 Å². The minimum Gasteiger partial charge on any atom is -0.465 e. The van der Waals surface area contributed by atoms with E-state index in [1.165, 1.54) is 0 Å². The summed E-state index contributed by atoms with van der Waals surface area (Å²) in [7, 11) is 0. The first-order valence-electron chi connectivity index (χ1n) is 8.43. The molecule has 2 unspecified atom stereocenters. The monoisotopic (exact) mass is 322 g/mol. The minimum absolute atomic E-state index is 0.0797. The predicted octanol–water partition coefficient (Wildman–Crippen LogP) is 4.67. The Balaban J connectivity index is 2.64. The van der Waals surface area contributed by atoms with Crippen LogP contribution in [-0.2, 0) is 9.53 Å². The molecule has 0 fully saturated rings. The molecular weight excluding hydrogens is 292 g/mol. The lowest BCUT2D eigenvalue weighted by Gasteiger charge is -2.21. The highest BCUT2D eigenvalue weighted by molar-refractivity contribution is 5.75. The van der Waals surface area contributed by atoms with E-state index in [-0.39, 0.29) is 24.1 Å². The highest BCUT2D eigenvalue weighted by Crippen LogP contribution is 2.24. The van der Waals surface area contributed by atoms with Gasteiger partial charge in [-0.05, 0) is 56.4 Å². The summed E-state index contributed by atoms with van der Waals surface area (Å²) in [6.07, 6.45) is 0.536. The molecule has 4 heteroatoms. The summed E-state index contributed by atoms with van der Waals surface area (Å²) < 4.78 is 16.4. The fraction of sp³-hybridized carbons (Fsp3) is 0.632. The number of carbonyl (C=O) groups excluding carboxylic acids is 1. The van der Waals surface area contributed by atoms with Crippen LogP contribution in [-0.4, -0.2) is 18.9 Å². The summed E-state index contributed by atoms with van der Waals surface area (Å²) in [6.45, 7) is 12.7. The SMILES string of the molecule is CCOC(C)Oc1ccc(OC(=O)C(CC(C)C)C(C)C)cc1. The van der Waals surface area contributed by atoms with Gasteiger partial charge in [-0.15, -0.1) is 0 Å². The van der Waals surface area contributed by atoms with Crippen LogP contribution >= 0.6 is 0 Å². The second-order valence-corrected chi connectivity index (χ2v) is 6.51. The molecule has 0 bridgehead atoms. The maximum atomic E-state index is 12.4. The fourth-order valence-corrected chi connectivity index (χ4v) is 2.39. The third-order valence-electron chi connectivity index (χ3n) is 3.58. The Bertz CT molecular complexity index is 465. The Morgan fingerprint density at radius 1 is 1.00 bits per heavy atom. The average molecular weight is 322 g/mol. The molecule has 0 spiro atoms. The largest absolute Gasteiger partial charge is 0.465 e. The number of carbonyl (C=O) groups is 1. The molecule has 0 aliphatic heterocycles. The second kappa shape index (κ2) is 9.56. The van der Waals surface area contributed by atoms with Gasteiger partial charge in [0.15, 0.2) is 6.29 Å². The number of esters is 1. The smallest absolute Gasteiger partial charge is 0.314 e. The number of ether oxygens (including phenoxy) is 3. The Kier molecular flexibility index (Phi) is 8.10. The van der Waals surface area contributed by atoms with Crippen LogP contribution in [0.4, 0.5) is 0 Å². The topological polar surface area (TPSA) is 44.8 Å². The number of hydrogen-bond acceptors (Lipinski definition) is 4. The van der Waals surface area contributed by atoms with Gasteiger partial charge >= 0.3 is 5.97 Å². The zero-order chi connectivity index (χ0) is 17.4. The summed E-state index contributed by atoms with van der Waals surface area (Å²) in [5.41, 5.74) is 0. The summed E-state index contributed by atoms with van der Waals surface area (Å²) >= 11 is 0. The molecule has 0 saturated carbocycles. The van der Waals surface area contributed by atoms with Crippen LogP contribution in [0.25, 0.3) is 0 Å². The normalized spacial score (nSPS) is 13.9. The van der Waals surface area contributed by atoms with Gasteiger partial charge in [0.1, 0.15) is 11.5 Å². The summed E-state index contributed by atoms with van der Waals surface area (Å²) in [5, 5.41) is 0. The molecule has 23 heavy (non-hydrogen) atoms. The van der Waals surface area contributed by atoms with Gasteiger partial charge in [0.05, 0.1) is 5.92 Å². The lowest BCUT2D eigenvalue weighted by molar-refractivity contribution is -0.141. The Morgan fingerprint density at radius 3 is 2.04 bits per heavy atom. The van der Waals surface area contributed by atoms with Gasteiger partial charge in [0, 0.05) is 6.61 Å². The second-order valence-electron chi connectivity index (χ2n) is 6.51. The van der Waals surface area contributed by atoms with Crippen molar-refractivity contribution < 1.29 is 19.0 Å². The molecule has 0 radical (unpaired) electrons. The van der Waals surface area contributed by atoms with Gasteiger partial charge in [-0.3, -0.25) is 4.79 Å². The summed E-state index contributed by atoms with van der Waals surface area (Å²) in [4.78, 5) is 12.4. The van der Waals surface area contributed by atoms with Crippen molar-refractivity contribution in [3.8, 4) is 11.5 Å². The number of hydrogen-bond donors (Lipinski definition) is 0. The molecule has 0 N–H and O–H groups in total. The molecule has 130 valence electrons. The van der Waals surface area contributed by atoms with Gasteiger partial charge in [0.25, 0.3) is 0 Å². The lowest BCUT2D eigenvalue weighted by atomic mass is 9.88. The van der Waals surface area contributed by atoms with Crippen LogP contribution in [0.1, 0.15) is 48.0 Å². The molecule has 4 nitrogen and oxygen atoms in total.